The molecular formula is C13H20O. The van der Waals surface area contributed by atoms with Crippen LogP contribution in [-0.2, 0) is 4.79 Å². The molecule has 0 radical (unpaired) electrons. The number of hydrogen-bond donors (Lipinski definition) is 0. The Bertz CT molecular complexity index is 271. The van der Waals surface area contributed by atoms with Crippen molar-refractivity contribution in [2.75, 3.05) is 0 Å². The number of carbonyl (C=O) groups excluding carboxylic acids is 1. The number of aldehydes is 1. The van der Waals surface area contributed by atoms with Crippen molar-refractivity contribution in [3.8, 4) is 0 Å². The molecule has 0 bridgehead atoms. The summed E-state index contributed by atoms with van der Waals surface area (Å²) in [5.41, 5.74) is 4.40. The third-order valence-electron chi connectivity index (χ3n) is 3.31. The summed E-state index contributed by atoms with van der Waals surface area (Å²) in [4.78, 5) is 10.4. The molecule has 0 amide bonds. The van der Waals surface area contributed by atoms with Crippen molar-refractivity contribution in [3.63, 3.8) is 0 Å². The molecule has 0 N–H and O–H groups in total. The fourth-order valence-corrected chi connectivity index (χ4v) is 2.17. The molecule has 0 aromatic carbocycles. The van der Waals surface area contributed by atoms with Gasteiger partial charge in [0.1, 0.15) is 6.29 Å². The fourth-order valence-electron chi connectivity index (χ4n) is 2.17. The zero-order chi connectivity index (χ0) is 10.6. The maximum atomic E-state index is 10.4. The highest BCUT2D eigenvalue weighted by Gasteiger charge is 2.18. The minimum absolute atomic E-state index is 0.663. The molecule has 1 aliphatic rings. The summed E-state index contributed by atoms with van der Waals surface area (Å²) in [5.74, 6) is 0.695. The molecule has 78 valence electrons. The highest BCUT2D eigenvalue weighted by Crippen LogP contribution is 2.35. The average molecular weight is 192 g/mol. The Labute approximate surface area is 86.9 Å². The molecule has 1 aliphatic carbocycles. The Balaban J connectivity index is 2.89. The van der Waals surface area contributed by atoms with Crippen LogP contribution in [0.2, 0.25) is 0 Å². The van der Waals surface area contributed by atoms with Crippen LogP contribution in [0.5, 0.6) is 0 Å². The summed E-state index contributed by atoms with van der Waals surface area (Å²) in [6.07, 6.45) is 7.26. The normalized spacial score (nSPS) is 25.6. The predicted molar refractivity (Wildman–Crippen MR) is 60.2 cm³/mol. The molecule has 0 aromatic rings. The van der Waals surface area contributed by atoms with Crippen LogP contribution >= 0.6 is 0 Å². The molecule has 0 aliphatic heterocycles. The van der Waals surface area contributed by atoms with Crippen LogP contribution in [0.25, 0.3) is 0 Å². The first-order valence-electron chi connectivity index (χ1n) is 5.49. The smallest absolute Gasteiger partial charge is 0.120 e. The van der Waals surface area contributed by atoms with Crippen molar-refractivity contribution in [1.29, 1.82) is 0 Å². The van der Waals surface area contributed by atoms with Gasteiger partial charge in [0.15, 0.2) is 0 Å². The van der Waals surface area contributed by atoms with Crippen molar-refractivity contribution in [2.24, 2.45) is 5.92 Å². The molecule has 0 fully saturated rings. The Morgan fingerprint density at radius 3 is 2.79 bits per heavy atom. The number of rotatable bonds is 3. The lowest BCUT2D eigenvalue weighted by molar-refractivity contribution is -0.107. The van der Waals surface area contributed by atoms with Crippen LogP contribution in [0.4, 0.5) is 0 Å². The second-order valence-corrected chi connectivity index (χ2v) is 4.12. The maximum Gasteiger partial charge on any atom is 0.120 e. The second kappa shape index (κ2) is 5.14. The number of allylic oxidation sites excluding steroid dienone is 4. The summed E-state index contributed by atoms with van der Waals surface area (Å²) in [6.45, 7) is 6.59. The number of carbonyl (C=O) groups is 1. The minimum Gasteiger partial charge on any atom is -0.303 e. The van der Waals surface area contributed by atoms with Gasteiger partial charge in [-0.2, -0.15) is 0 Å². The quantitative estimate of drug-likeness (QED) is 0.624. The van der Waals surface area contributed by atoms with Crippen LogP contribution in [0.1, 0.15) is 46.5 Å². The molecule has 0 spiro atoms. The minimum atomic E-state index is 0.663. The van der Waals surface area contributed by atoms with E-state index in [-0.39, 0.29) is 0 Å². The lowest BCUT2D eigenvalue weighted by atomic mass is 9.80. The SMILES string of the molecule is C/C=C1/CCC(C)C(C)=C1CCC=O. The third-order valence-corrected chi connectivity index (χ3v) is 3.31. The van der Waals surface area contributed by atoms with Crippen LogP contribution in [0.15, 0.2) is 22.8 Å². The Morgan fingerprint density at radius 2 is 2.21 bits per heavy atom. The van der Waals surface area contributed by atoms with Crippen molar-refractivity contribution in [2.45, 2.75) is 46.5 Å². The van der Waals surface area contributed by atoms with Crippen LogP contribution in [-0.4, -0.2) is 6.29 Å². The molecule has 0 saturated carbocycles. The van der Waals surface area contributed by atoms with Gasteiger partial charge < -0.3 is 4.79 Å². The summed E-state index contributed by atoms with van der Waals surface area (Å²) in [6, 6.07) is 0. The van der Waals surface area contributed by atoms with Gasteiger partial charge in [0.05, 0.1) is 0 Å². The highest BCUT2D eigenvalue weighted by molar-refractivity contribution is 5.51. The molecule has 14 heavy (non-hydrogen) atoms. The van der Waals surface area contributed by atoms with E-state index in [1.165, 1.54) is 29.6 Å². The topological polar surface area (TPSA) is 17.1 Å². The van der Waals surface area contributed by atoms with Crippen molar-refractivity contribution < 1.29 is 4.79 Å². The highest BCUT2D eigenvalue weighted by atomic mass is 16.1. The molecule has 0 saturated heterocycles. The first kappa shape index (κ1) is 11.2. The van der Waals surface area contributed by atoms with E-state index in [9.17, 15) is 4.79 Å². The van der Waals surface area contributed by atoms with Gasteiger partial charge in [-0.1, -0.05) is 18.6 Å². The van der Waals surface area contributed by atoms with E-state index in [4.69, 9.17) is 0 Å². The lowest BCUT2D eigenvalue weighted by Gasteiger charge is -2.26. The predicted octanol–water partition coefficient (Wildman–Crippen LogP) is 3.66. The van der Waals surface area contributed by atoms with Crippen molar-refractivity contribution in [3.05, 3.63) is 22.8 Å². The lowest BCUT2D eigenvalue weighted by Crippen LogP contribution is -2.10. The Hall–Kier alpha value is -0.850. The number of hydrogen-bond acceptors (Lipinski definition) is 1. The first-order chi connectivity index (χ1) is 6.70. The summed E-state index contributed by atoms with van der Waals surface area (Å²) >= 11 is 0. The second-order valence-electron chi connectivity index (χ2n) is 4.12. The molecule has 1 rings (SSSR count). The molecular weight excluding hydrogens is 172 g/mol. The first-order valence-corrected chi connectivity index (χ1v) is 5.49. The van der Waals surface area contributed by atoms with Crippen molar-refractivity contribution >= 4 is 6.29 Å². The standard InChI is InChI=1S/C13H20O/c1-4-12-8-7-10(2)11(3)13(12)6-5-9-14/h4,9-10H,5-8H2,1-3H3/b12-4-. The average Bonchev–Trinajstić information content (AvgIpc) is 2.20. The zero-order valence-electron chi connectivity index (χ0n) is 9.47. The van der Waals surface area contributed by atoms with Gasteiger partial charge in [-0.3, -0.25) is 0 Å². The van der Waals surface area contributed by atoms with E-state index in [2.05, 4.69) is 26.8 Å². The Morgan fingerprint density at radius 1 is 1.50 bits per heavy atom. The third kappa shape index (κ3) is 2.34. The van der Waals surface area contributed by atoms with Gasteiger partial charge in [0.2, 0.25) is 0 Å². The van der Waals surface area contributed by atoms with Gasteiger partial charge in [0, 0.05) is 6.42 Å². The van der Waals surface area contributed by atoms with E-state index in [1.54, 1.807) is 0 Å². The molecule has 0 aromatic heterocycles. The van der Waals surface area contributed by atoms with Crippen LogP contribution < -0.4 is 0 Å². The molecule has 1 nitrogen and oxygen atoms in total. The summed E-state index contributed by atoms with van der Waals surface area (Å²) in [5, 5.41) is 0. The van der Waals surface area contributed by atoms with Crippen LogP contribution in [0, 0.1) is 5.92 Å². The molecule has 1 heteroatoms. The van der Waals surface area contributed by atoms with E-state index >= 15 is 0 Å². The fraction of sp³-hybridized carbons (Fsp3) is 0.615. The van der Waals surface area contributed by atoms with E-state index in [0.717, 1.165) is 12.7 Å². The van der Waals surface area contributed by atoms with Gasteiger partial charge >= 0.3 is 0 Å². The van der Waals surface area contributed by atoms with Gasteiger partial charge in [-0.15, -0.1) is 0 Å². The van der Waals surface area contributed by atoms with Crippen molar-refractivity contribution in [1.82, 2.24) is 0 Å². The monoisotopic (exact) mass is 192 g/mol. The molecule has 0 heterocycles. The molecule has 1 unspecified atom stereocenters. The molecule has 1 atom stereocenters. The summed E-state index contributed by atoms with van der Waals surface area (Å²) < 4.78 is 0. The van der Waals surface area contributed by atoms with E-state index in [1.807, 2.05) is 0 Å². The Kier molecular flexibility index (Phi) is 4.12. The largest absolute Gasteiger partial charge is 0.303 e. The van der Waals surface area contributed by atoms with E-state index in [0.29, 0.717) is 12.3 Å². The maximum absolute atomic E-state index is 10.4. The zero-order valence-corrected chi connectivity index (χ0v) is 9.47. The summed E-state index contributed by atoms with van der Waals surface area (Å²) in [7, 11) is 0. The van der Waals surface area contributed by atoms with Gasteiger partial charge in [-0.05, 0) is 50.2 Å². The van der Waals surface area contributed by atoms with Gasteiger partial charge in [0.25, 0.3) is 0 Å². The van der Waals surface area contributed by atoms with Crippen LogP contribution in [0.3, 0.4) is 0 Å². The van der Waals surface area contributed by atoms with Gasteiger partial charge in [-0.25, -0.2) is 0 Å². The van der Waals surface area contributed by atoms with E-state index < -0.39 is 0 Å².